The number of rotatable bonds is 9. The number of aliphatic imine (C=N–C) groups is 1. The summed E-state index contributed by atoms with van der Waals surface area (Å²) in [5, 5.41) is 6.72. The van der Waals surface area contributed by atoms with Gasteiger partial charge in [-0.05, 0) is 31.0 Å². The summed E-state index contributed by atoms with van der Waals surface area (Å²) in [6.45, 7) is 7.07. The highest BCUT2D eigenvalue weighted by molar-refractivity contribution is 5.79. The molecule has 0 amide bonds. The van der Waals surface area contributed by atoms with Crippen LogP contribution >= 0.6 is 0 Å². The molecular formula is C24H31N5O. The molecule has 2 N–H and O–H groups in total. The maximum Gasteiger partial charge on any atom is 0.191 e. The minimum atomic E-state index is 0.557. The van der Waals surface area contributed by atoms with E-state index < -0.39 is 0 Å². The zero-order valence-electron chi connectivity index (χ0n) is 18.1. The summed E-state index contributed by atoms with van der Waals surface area (Å²) in [6.07, 6.45) is 4.71. The molecule has 0 aliphatic carbocycles. The molecule has 0 radical (unpaired) electrons. The van der Waals surface area contributed by atoms with Crippen LogP contribution in [0.25, 0.3) is 0 Å². The molecule has 158 valence electrons. The number of aromatic nitrogens is 2. The fraction of sp³-hybridized carbons (Fsp3) is 0.333. The number of benzene rings is 2. The molecule has 6 heteroatoms. The molecule has 3 aromatic rings. The number of guanidine groups is 1. The van der Waals surface area contributed by atoms with E-state index in [9.17, 15) is 0 Å². The first kappa shape index (κ1) is 21.4. The Bertz CT molecular complexity index is 949. The number of hydrogen-bond donors (Lipinski definition) is 2. The van der Waals surface area contributed by atoms with Crippen molar-refractivity contribution in [1.29, 1.82) is 0 Å². The third kappa shape index (κ3) is 6.11. The van der Waals surface area contributed by atoms with Crippen molar-refractivity contribution in [2.24, 2.45) is 4.99 Å². The first-order valence-electron chi connectivity index (χ1n) is 10.4. The van der Waals surface area contributed by atoms with Crippen molar-refractivity contribution in [1.82, 2.24) is 20.2 Å². The number of nitrogens with zero attached hydrogens (tertiary/aromatic N) is 3. The van der Waals surface area contributed by atoms with Crippen molar-refractivity contribution in [2.75, 3.05) is 20.2 Å². The van der Waals surface area contributed by atoms with Crippen molar-refractivity contribution in [3.05, 3.63) is 83.4 Å². The predicted octanol–water partition coefficient (Wildman–Crippen LogP) is 3.55. The van der Waals surface area contributed by atoms with Crippen LogP contribution in [-0.2, 0) is 19.5 Å². The van der Waals surface area contributed by atoms with Crippen molar-refractivity contribution >= 4 is 5.96 Å². The van der Waals surface area contributed by atoms with Crippen LogP contribution in [0.4, 0.5) is 0 Å². The Morgan fingerprint density at radius 1 is 1.13 bits per heavy atom. The normalized spacial score (nSPS) is 11.4. The smallest absolute Gasteiger partial charge is 0.191 e. The molecule has 0 saturated carbocycles. The van der Waals surface area contributed by atoms with Gasteiger partial charge in [0.15, 0.2) is 5.96 Å². The van der Waals surface area contributed by atoms with Gasteiger partial charge in [0.2, 0.25) is 0 Å². The summed E-state index contributed by atoms with van der Waals surface area (Å²) < 4.78 is 7.68. The summed E-state index contributed by atoms with van der Waals surface area (Å²) in [5.74, 6) is 2.72. The Morgan fingerprint density at radius 2 is 1.97 bits per heavy atom. The lowest BCUT2D eigenvalue weighted by atomic mass is 10.1. The second-order valence-electron chi connectivity index (χ2n) is 7.14. The first-order valence-corrected chi connectivity index (χ1v) is 10.4. The van der Waals surface area contributed by atoms with E-state index in [1.54, 1.807) is 7.11 Å². The van der Waals surface area contributed by atoms with Crippen LogP contribution in [-0.4, -0.2) is 35.7 Å². The summed E-state index contributed by atoms with van der Waals surface area (Å²) in [5.41, 5.74) is 3.51. The summed E-state index contributed by atoms with van der Waals surface area (Å²) in [4.78, 5) is 9.24. The highest BCUT2D eigenvalue weighted by atomic mass is 16.5. The van der Waals surface area contributed by atoms with E-state index >= 15 is 0 Å². The maximum atomic E-state index is 5.49. The molecule has 30 heavy (non-hydrogen) atoms. The summed E-state index contributed by atoms with van der Waals surface area (Å²) in [6, 6.07) is 16.6. The minimum Gasteiger partial charge on any atom is -0.496 e. The highest BCUT2D eigenvalue weighted by Crippen LogP contribution is 2.20. The Kier molecular flexibility index (Phi) is 7.89. The molecular weight excluding hydrogens is 374 g/mol. The van der Waals surface area contributed by atoms with Crippen molar-refractivity contribution in [3.8, 4) is 5.75 Å². The van der Waals surface area contributed by atoms with Crippen LogP contribution in [0.15, 0.2) is 65.9 Å². The molecule has 1 aromatic heterocycles. The topological polar surface area (TPSA) is 63.5 Å². The lowest BCUT2D eigenvalue weighted by Gasteiger charge is -2.13. The Labute approximate surface area is 179 Å². The van der Waals surface area contributed by atoms with E-state index in [4.69, 9.17) is 9.73 Å². The average molecular weight is 406 g/mol. The second-order valence-corrected chi connectivity index (χ2v) is 7.14. The first-order chi connectivity index (χ1) is 14.7. The lowest BCUT2D eigenvalue weighted by Crippen LogP contribution is -2.38. The molecule has 0 unspecified atom stereocenters. The van der Waals surface area contributed by atoms with E-state index in [1.807, 2.05) is 24.5 Å². The number of aryl methyl sites for hydroxylation is 1. The number of methoxy groups -OCH3 is 1. The molecule has 0 bridgehead atoms. The average Bonchev–Trinajstić information content (AvgIpc) is 3.20. The number of imidazole rings is 1. The van der Waals surface area contributed by atoms with Crippen molar-refractivity contribution in [2.45, 2.75) is 33.4 Å². The van der Waals surface area contributed by atoms with E-state index in [0.717, 1.165) is 49.2 Å². The monoisotopic (exact) mass is 405 g/mol. The van der Waals surface area contributed by atoms with Gasteiger partial charge in [-0.1, -0.05) is 42.5 Å². The summed E-state index contributed by atoms with van der Waals surface area (Å²) in [7, 11) is 1.70. The van der Waals surface area contributed by atoms with E-state index in [1.165, 1.54) is 11.1 Å². The Hall–Kier alpha value is -3.28. The van der Waals surface area contributed by atoms with Crippen LogP contribution in [0.2, 0.25) is 0 Å². The largest absolute Gasteiger partial charge is 0.496 e. The van der Waals surface area contributed by atoms with Crippen LogP contribution in [0.5, 0.6) is 5.75 Å². The standard InChI is InChI=1S/C24H31N5O/c1-4-25-24(28-17-21-11-10-19(2)16-22(21)30-3)27-13-12-23-26-14-15-29(23)18-20-8-6-5-7-9-20/h5-11,14-16H,4,12-13,17-18H2,1-3H3,(H2,25,27,28). The van der Waals surface area contributed by atoms with Crippen LogP contribution in [0.3, 0.4) is 0 Å². The van der Waals surface area contributed by atoms with Gasteiger partial charge >= 0.3 is 0 Å². The van der Waals surface area contributed by atoms with E-state index in [-0.39, 0.29) is 0 Å². The van der Waals surface area contributed by atoms with Gasteiger partial charge < -0.3 is 19.9 Å². The minimum absolute atomic E-state index is 0.557. The molecule has 2 aromatic carbocycles. The fourth-order valence-corrected chi connectivity index (χ4v) is 3.27. The van der Waals surface area contributed by atoms with Crippen molar-refractivity contribution in [3.63, 3.8) is 0 Å². The molecule has 3 rings (SSSR count). The predicted molar refractivity (Wildman–Crippen MR) is 122 cm³/mol. The van der Waals surface area contributed by atoms with Gasteiger partial charge in [-0.2, -0.15) is 0 Å². The van der Waals surface area contributed by atoms with E-state index in [0.29, 0.717) is 6.54 Å². The van der Waals surface area contributed by atoms with Gasteiger partial charge in [0.25, 0.3) is 0 Å². The maximum absolute atomic E-state index is 5.49. The molecule has 6 nitrogen and oxygen atoms in total. The zero-order chi connectivity index (χ0) is 21.2. The molecule has 0 atom stereocenters. The molecule has 0 aliphatic rings. The van der Waals surface area contributed by atoms with Crippen LogP contribution in [0.1, 0.15) is 29.4 Å². The molecule has 0 spiro atoms. The SMILES string of the molecule is CCNC(=NCc1ccc(C)cc1OC)NCCc1nccn1Cc1ccccc1. The molecule has 0 fully saturated rings. The van der Waals surface area contributed by atoms with Crippen molar-refractivity contribution < 1.29 is 4.74 Å². The fourth-order valence-electron chi connectivity index (χ4n) is 3.27. The highest BCUT2D eigenvalue weighted by Gasteiger charge is 2.06. The molecule has 0 aliphatic heterocycles. The molecule has 1 heterocycles. The van der Waals surface area contributed by atoms with E-state index in [2.05, 4.69) is 70.4 Å². The number of hydrogen-bond acceptors (Lipinski definition) is 3. The van der Waals surface area contributed by atoms with Crippen LogP contribution in [0, 0.1) is 6.92 Å². The Morgan fingerprint density at radius 3 is 2.73 bits per heavy atom. The lowest BCUT2D eigenvalue weighted by molar-refractivity contribution is 0.409. The quantitative estimate of drug-likeness (QED) is 0.422. The van der Waals surface area contributed by atoms with Crippen LogP contribution < -0.4 is 15.4 Å². The van der Waals surface area contributed by atoms with Gasteiger partial charge in [0, 0.05) is 44.0 Å². The number of ether oxygens (including phenoxy) is 1. The third-order valence-corrected chi connectivity index (χ3v) is 4.83. The van der Waals surface area contributed by atoms with Gasteiger partial charge in [-0.25, -0.2) is 9.98 Å². The summed E-state index contributed by atoms with van der Waals surface area (Å²) >= 11 is 0. The van der Waals surface area contributed by atoms with Gasteiger partial charge in [0.05, 0.1) is 13.7 Å². The van der Waals surface area contributed by atoms with Gasteiger partial charge in [-0.3, -0.25) is 0 Å². The van der Waals surface area contributed by atoms with Gasteiger partial charge in [-0.15, -0.1) is 0 Å². The van der Waals surface area contributed by atoms with Gasteiger partial charge in [0.1, 0.15) is 11.6 Å². The Balaban J connectivity index is 1.58. The zero-order valence-corrected chi connectivity index (χ0v) is 18.1. The molecule has 0 saturated heterocycles. The second kappa shape index (κ2) is 11.0. The number of nitrogens with one attached hydrogen (secondary N) is 2. The third-order valence-electron chi connectivity index (χ3n) is 4.83.